The highest BCUT2D eigenvalue weighted by Gasteiger charge is 2.15. The van der Waals surface area contributed by atoms with Crippen LogP contribution in [0.1, 0.15) is 20.3 Å². The number of nitro groups is 1. The third-order valence-electron chi connectivity index (χ3n) is 2.60. The molecule has 1 aromatic heterocycles. The topological polar surface area (TPSA) is 115 Å². The molecular formula is C12H21N5O3. The molecule has 0 aliphatic heterocycles. The zero-order chi connectivity index (χ0) is 15.0. The highest BCUT2D eigenvalue weighted by atomic mass is 16.6. The zero-order valence-corrected chi connectivity index (χ0v) is 11.8. The molecule has 8 heteroatoms. The molecule has 112 valence electrons. The number of pyridine rings is 1. The lowest BCUT2D eigenvalue weighted by Gasteiger charge is -2.09. The molecule has 0 fully saturated rings. The number of nitrogen functional groups attached to an aromatic ring is 1. The fourth-order valence-electron chi connectivity index (χ4n) is 1.47. The van der Waals surface area contributed by atoms with Crippen molar-refractivity contribution < 1.29 is 9.66 Å². The van der Waals surface area contributed by atoms with Crippen molar-refractivity contribution in [1.29, 1.82) is 0 Å². The maximum absolute atomic E-state index is 10.9. The van der Waals surface area contributed by atoms with Gasteiger partial charge in [0, 0.05) is 19.2 Å². The van der Waals surface area contributed by atoms with Gasteiger partial charge in [-0.05, 0) is 18.4 Å². The summed E-state index contributed by atoms with van der Waals surface area (Å²) in [4.78, 5) is 14.4. The van der Waals surface area contributed by atoms with Gasteiger partial charge in [0.15, 0.2) is 0 Å². The summed E-state index contributed by atoms with van der Waals surface area (Å²) in [5.74, 6) is 6.37. The molecule has 0 saturated carbocycles. The molecule has 4 N–H and O–H groups in total. The summed E-state index contributed by atoms with van der Waals surface area (Å²) in [7, 11) is 0. The zero-order valence-electron chi connectivity index (χ0n) is 11.8. The van der Waals surface area contributed by atoms with Gasteiger partial charge < -0.3 is 15.5 Å². The lowest BCUT2D eigenvalue weighted by molar-refractivity contribution is -0.384. The molecule has 0 saturated heterocycles. The summed E-state index contributed by atoms with van der Waals surface area (Å²) in [5, 5.41) is 13.8. The molecule has 20 heavy (non-hydrogen) atoms. The van der Waals surface area contributed by atoms with Crippen LogP contribution in [0.4, 0.5) is 17.3 Å². The van der Waals surface area contributed by atoms with Crippen LogP contribution in [0.2, 0.25) is 0 Å². The van der Waals surface area contributed by atoms with E-state index in [1.165, 1.54) is 12.1 Å². The Hall–Kier alpha value is -1.93. The van der Waals surface area contributed by atoms with Gasteiger partial charge in [-0.25, -0.2) is 10.8 Å². The van der Waals surface area contributed by atoms with Crippen LogP contribution >= 0.6 is 0 Å². The molecule has 0 radical (unpaired) electrons. The van der Waals surface area contributed by atoms with Crippen LogP contribution in [-0.4, -0.2) is 29.7 Å². The van der Waals surface area contributed by atoms with Crippen LogP contribution in [0.5, 0.6) is 0 Å². The van der Waals surface area contributed by atoms with Gasteiger partial charge in [-0.15, -0.1) is 0 Å². The van der Waals surface area contributed by atoms with E-state index in [0.717, 1.165) is 6.42 Å². The van der Waals surface area contributed by atoms with Crippen molar-refractivity contribution in [3.05, 3.63) is 22.2 Å². The summed E-state index contributed by atoms with van der Waals surface area (Å²) in [6.07, 6.45) is 0.991. The van der Waals surface area contributed by atoms with Crippen LogP contribution in [0.15, 0.2) is 12.1 Å². The van der Waals surface area contributed by atoms with Gasteiger partial charge in [0.05, 0.1) is 11.5 Å². The van der Waals surface area contributed by atoms with Crippen LogP contribution in [-0.2, 0) is 4.74 Å². The highest BCUT2D eigenvalue weighted by Crippen LogP contribution is 2.23. The van der Waals surface area contributed by atoms with E-state index < -0.39 is 4.92 Å². The first kappa shape index (κ1) is 16.1. The fraction of sp³-hybridized carbons (Fsp3) is 0.583. The number of nitrogens with two attached hydrogens (primary N) is 1. The Balaban J connectivity index is 2.47. The quantitative estimate of drug-likeness (QED) is 0.273. The van der Waals surface area contributed by atoms with Gasteiger partial charge >= 0.3 is 5.69 Å². The highest BCUT2D eigenvalue weighted by molar-refractivity contribution is 5.59. The van der Waals surface area contributed by atoms with Gasteiger partial charge in [-0.2, -0.15) is 0 Å². The Morgan fingerprint density at radius 2 is 2.20 bits per heavy atom. The van der Waals surface area contributed by atoms with Crippen molar-refractivity contribution in [1.82, 2.24) is 4.98 Å². The molecule has 1 rings (SSSR count). The first-order valence-corrected chi connectivity index (χ1v) is 6.48. The van der Waals surface area contributed by atoms with Gasteiger partial charge in [-0.1, -0.05) is 13.8 Å². The van der Waals surface area contributed by atoms with E-state index in [9.17, 15) is 10.1 Å². The predicted octanol–water partition coefficient (Wildman–Crippen LogP) is 1.75. The van der Waals surface area contributed by atoms with Crippen molar-refractivity contribution in [2.75, 3.05) is 30.5 Å². The van der Waals surface area contributed by atoms with E-state index in [2.05, 4.69) is 29.6 Å². The Bertz CT molecular complexity index is 439. The smallest absolute Gasteiger partial charge is 0.311 e. The largest absolute Gasteiger partial charge is 0.380 e. The normalized spacial score (nSPS) is 10.6. The van der Waals surface area contributed by atoms with Crippen molar-refractivity contribution in [2.45, 2.75) is 20.3 Å². The summed E-state index contributed by atoms with van der Waals surface area (Å²) in [6, 6.07) is 2.80. The molecule has 8 nitrogen and oxygen atoms in total. The van der Waals surface area contributed by atoms with Crippen LogP contribution in [0.25, 0.3) is 0 Å². The van der Waals surface area contributed by atoms with E-state index in [1.807, 2.05) is 0 Å². The molecule has 0 aromatic carbocycles. The van der Waals surface area contributed by atoms with E-state index >= 15 is 0 Å². The van der Waals surface area contributed by atoms with Crippen LogP contribution < -0.4 is 16.6 Å². The molecule has 0 spiro atoms. The number of aromatic nitrogens is 1. The molecule has 0 aliphatic carbocycles. The molecule has 1 aromatic rings. The Labute approximate surface area is 117 Å². The number of rotatable bonds is 9. The number of nitrogens with one attached hydrogen (secondary N) is 2. The minimum atomic E-state index is -0.491. The molecule has 0 bridgehead atoms. The average molecular weight is 283 g/mol. The van der Waals surface area contributed by atoms with Crippen molar-refractivity contribution >= 4 is 17.3 Å². The van der Waals surface area contributed by atoms with Crippen molar-refractivity contribution in [3.8, 4) is 0 Å². The van der Waals surface area contributed by atoms with Crippen molar-refractivity contribution in [2.24, 2.45) is 11.8 Å². The van der Waals surface area contributed by atoms with E-state index in [0.29, 0.717) is 31.5 Å². The maximum Gasteiger partial charge on any atom is 0.311 e. The van der Waals surface area contributed by atoms with Gasteiger partial charge in [0.1, 0.15) is 5.82 Å². The monoisotopic (exact) mass is 283 g/mol. The van der Waals surface area contributed by atoms with Gasteiger partial charge in [0.25, 0.3) is 0 Å². The third-order valence-corrected chi connectivity index (χ3v) is 2.60. The van der Waals surface area contributed by atoms with E-state index in [4.69, 9.17) is 10.6 Å². The summed E-state index contributed by atoms with van der Waals surface area (Å²) < 4.78 is 5.42. The minimum absolute atomic E-state index is 0.0915. The second kappa shape index (κ2) is 8.28. The second-order valence-electron chi connectivity index (χ2n) is 4.69. The third kappa shape index (κ3) is 5.37. The summed E-state index contributed by atoms with van der Waals surface area (Å²) >= 11 is 0. The molecule has 0 atom stereocenters. The number of hydrazine groups is 1. The lowest BCUT2D eigenvalue weighted by atomic mass is 10.1. The maximum atomic E-state index is 10.9. The van der Waals surface area contributed by atoms with Crippen LogP contribution in [0.3, 0.4) is 0 Å². The first-order valence-electron chi connectivity index (χ1n) is 6.48. The van der Waals surface area contributed by atoms with Gasteiger partial charge in [-0.3, -0.25) is 10.1 Å². The number of ether oxygens (including phenoxy) is 1. The molecule has 0 amide bonds. The van der Waals surface area contributed by atoms with Crippen LogP contribution in [0, 0.1) is 16.0 Å². The number of hydrogen-bond acceptors (Lipinski definition) is 7. The summed E-state index contributed by atoms with van der Waals surface area (Å²) in [5.41, 5.74) is 2.26. The van der Waals surface area contributed by atoms with E-state index in [1.54, 1.807) is 0 Å². The second-order valence-corrected chi connectivity index (χ2v) is 4.69. The standard InChI is InChI=1S/C12H21N5O3/c1-9(2)5-7-20-8-6-14-12-10(17(18)19)3-4-11(15-12)16-13/h3-4,9H,5-8,13H2,1-2H3,(H2,14,15,16). The SMILES string of the molecule is CC(C)CCOCCNc1nc(NN)ccc1[N+](=O)[O-]. The Kier molecular flexibility index (Phi) is 6.68. The summed E-state index contributed by atoms with van der Waals surface area (Å²) in [6.45, 7) is 5.84. The predicted molar refractivity (Wildman–Crippen MR) is 77.5 cm³/mol. The number of hydrogen-bond donors (Lipinski definition) is 3. The molecule has 1 heterocycles. The van der Waals surface area contributed by atoms with E-state index in [-0.39, 0.29) is 11.5 Å². The lowest BCUT2D eigenvalue weighted by Crippen LogP contribution is -2.14. The Morgan fingerprint density at radius 1 is 1.45 bits per heavy atom. The van der Waals surface area contributed by atoms with Gasteiger partial charge in [0.2, 0.25) is 5.82 Å². The molecular weight excluding hydrogens is 262 g/mol. The Morgan fingerprint density at radius 3 is 2.80 bits per heavy atom. The minimum Gasteiger partial charge on any atom is -0.380 e. The average Bonchev–Trinajstić information content (AvgIpc) is 2.41. The molecule has 0 unspecified atom stereocenters. The first-order chi connectivity index (χ1) is 9.54. The van der Waals surface area contributed by atoms with Crippen molar-refractivity contribution in [3.63, 3.8) is 0 Å². The molecule has 0 aliphatic rings. The fourth-order valence-corrected chi connectivity index (χ4v) is 1.47. The number of anilines is 2. The number of nitrogens with zero attached hydrogens (tertiary/aromatic N) is 2.